The molecule has 0 bridgehead atoms. The molecule has 1 amide bonds. The second-order valence-corrected chi connectivity index (χ2v) is 6.59. The normalized spacial score (nSPS) is 15.2. The van der Waals surface area contributed by atoms with E-state index in [1.165, 1.54) is 12.1 Å². The lowest BCUT2D eigenvalue weighted by Crippen LogP contribution is -2.37. The number of halogens is 1. The van der Waals surface area contributed by atoms with Gasteiger partial charge in [0.05, 0.1) is 12.6 Å². The van der Waals surface area contributed by atoms with Gasteiger partial charge < -0.3 is 10.4 Å². The van der Waals surface area contributed by atoms with Gasteiger partial charge in [-0.2, -0.15) is 0 Å². The number of anilines is 1. The van der Waals surface area contributed by atoms with Crippen molar-refractivity contribution >= 4 is 11.6 Å². The van der Waals surface area contributed by atoms with E-state index in [-0.39, 0.29) is 18.3 Å². The Kier molecular flexibility index (Phi) is 5.46. The van der Waals surface area contributed by atoms with Gasteiger partial charge in [0.15, 0.2) is 0 Å². The van der Waals surface area contributed by atoms with Crippen molar-refractivity contribution in [1.82, 2.24) is 4.90 Å². The minimum absolute atomic E-state index is 0.0903. The summed E-state index contributed by atoms with van der Waals surface area (Å²) in [6.07, 6.45) is 1.33. The first-order chi connectivity index (χ1) is 12.0. The average Bonchev–Trinajstić information content (AvgIpc) is 3.42. The fourth-order valence-corrected chi connectivity index (χ4v) is 2.88. The van der Waals surface area contributed by atoms with E-state index in [1.54, 1.807) is 12.1 Å². The molecular weight excluding hydrogens is 319 g/mol. The Bertz CT molecular complexity index is 729. The van der Waals surface area contributed by atoms with Gasteiger partial charge in [-0.25, -0.2) is 4.39 Å². The number of hydrogen-bond acceptors (Lipinski definition) is 3. The Morgan fingerprint density at radius 3 is 2.56 bits per heavy atom. The van der Waals surface area contributed by atoms with Crippen LogP contribution in [0.15, 0.2) is 48.5 Å². The van der Waals surface area contributed by atoms with Crippen LogP contribution < -0.4 is 5.32 Å². The highest BCUT2D eigenvalue weighted by molar-refractivity contribution is 5.93. The van der Waals surface area contributed by atoms with Crippen LogP contribution in [0.25, 0.3) is 0 Å². The summed E-state index contributed by atoms with van der Waals surface area (Å²) in [4.78, 5) is 14.4. The number of rotatable bonds is 7. The molecule has 2 aromatic carbocycles. The Hall–Kier alpha value is -2.24. The van der Waals surface area contributed by atoms with Gasteiger partial charge in [-0.1, -0.05) is 30.3 Å². The second kappa shape index (κ2) is 7.76. The summed E-state index contributed by atoms with van der Waals surface area (Å²) in [5.74, 6) is -0.417. The molecule has 3 rings (SSSR count). The average molecular weight is 342 g/mol. The van der Waals surface area contributed by atoms with Crippen molar-refractivity contribution < 1.29 is 14.3 Å². The number of nitrogens with one attached hydrogen (secondary N) is 1. The van der Waals surface area contributed by atoms with E-state index < -0.39 is 6.10 Å². The smallest absolute Gasteiger partial charge is 0.238 e. The molecule has 0 heterocycles. The van der Waals surface area contributed by atoms with Crippen LogP contribution in [0.2, 0.25) is 0 Å². The zero-order valence-electron chi connectivity index (χ0n) is 14.3. The lowest BCUT2D eigenvalue weighted by molar-refractivity contribution is -0.117. The van der Waals surface area contributed by atoms with Gasteiger partial charge in [-0.05, 0) is 49.1 Å². The predicted octanol–water partition coefficient (Wildman–Crippen LogP) is 3.27. The molecule has 0 aliphatic heterocycles. The van der Waals surface area contributed by atoms with Gasteiger partial charge in [0.25, 0.3) is 0 Å². The summed E-state index contributed by atoms with van der Waals surface area (Å²) < 4.78 is 13.0. The van der Waals surface area contributed by atoms with Crippen LogP contribution in [0.3, 0.4) is 0 Å². The zero-order valence-corrected chi connectivity index (χ0v) is 14.3. The fraction of sp³-hybridized carbons (Fsp3) is 0.350. The molecule has 0 aromatic heterocycles. The molecule has 0 spiro atoms. The molecule has 25 heavy (non-hydrogen) atoms. The van der Waals surface area contributed by atoms with Crippen molar-refractivity contribution in [3.05, 3.63) is 65.5 Å². The summed E-state index contributed by atoms with van der Waals surface area (Å²) in [5, 5.41) is 13.3. The molecule has 0 saturated heterocycles. The third-order valence-electron chi connectivity index (χ3n) is 4.49. The van der Waals surface area contributed by atoms with Gasteiger partial charge in [0, 0.05) is 18.3 Å². The highest BCUT2D eigenvalue weighted by Crippen LogP contribution is 2.29. The summed E-state index contributed by atoms with van der Waals surface area (Å²) in [7, 11) is 0. The molecule has 5 heteroatoms. The molecule has 2 N–H and O–H groups in total. The van der Waals surface area contributed by atoms with E-state index in [4.69, 9.17) is 0 Å². The van der Waals surface area contributed by atoms with E-state index in [2.05, 4.69) is 5.32 Å². The van der Waals surface area contributed by atoms with Crippen LogP contribution in [0.5, 0.6) is 0 Å². The maximum Gasteiger partial charge on any atom is 0.238 e. The van der Waals surface area contributed by atoms with E-state index >= 15 is 0 Å². The van der Waals surface area contributed by atoms with Gasteiger partial charge in [-0.3, -0.25) is 9.69 Å². The fourth-order valence-electron chi connectivity index (χ4n) is 2.88. The van der Waals surface area contributed by atoms with Crippen molar-refractivity contribution in [2.24, 2.45) is 0 Å². The molecule has 1 aliphatic carbocycles. The summed E-state index contributed by atoms with van der Waals surface area (Å²) >= 11 is 0. The molecule has 2 aromatic rings. The number of para-hydroxylation sites is 1. The quantitative estimate of drug-likeness (QED) is 0.812. The van der Waals surface area contributed by atoms with Crippen LogP contribution >= 0.6 is 0 Å². The predicted molar refractivity (Wildman–Crippen MR) is 95.8 cm³/mol. The molecule has 1 atom stereocenters. The van der Waals surface area contributed by atoms with Crippen molar-refractivity contribution in [3.8, 4) is 0 Å². The first-order valence-electron chi connectivity index (χ1n) is 8.56. The van der Waals surface area contributed by atoms with Crippen LogP contribution in [0.1, 0.15) is 30.1 Å². The number of carbonyl (C=O) groups excluding carboxylic acids is 1. The summed E-state index contributed by atoms with van der Waals surface area (Å²) in [6.45, 7) is 2.54. The largest absolute Gasteiger partial charge is 0.387 e. The lowest BCUT2D eigenvalue weighted by atomic mass is 10.1. The van der Waals surface area contributed by atoms with Crippen LogP contribution in [-0.4, -0.2) is 35.0 Å². The van der Waals surface area contributed by atoms with Gasteiger partial charge in [0.2, 0.25) is 5.91 Å². The van der Waals surface area contributed by atoms with Gasteiger partial charge in [-0.15, -0.1) is 0 Å². The van der Waals surface area contributed by atoms with E-state index in [9.17, 15) is 14.3 Å². The molecule has 1 aliphatic rings. The maximum atomic E-state index is 13.0. The molecule has 1 unspecified atom stereocenters. The standard InChI is InChI=1S/C20H23FN2O2/c1-14-4-2-3-5-18(14)22-20(25)13-23(17-10-11-17)12-19(24)15-6-8-16(21)9-7-15/h2-9,17,19,24H,10-13H2,1H3,(H,22,25). The highest BCUT2D eigenvalue weighted by atomic mass is 19.1. The Labute approximate surface area is 147 Å². The number of aliphatic hydroxyl groups is 1. The number of benzene rings is 2. The molecule has 1 fully saturated rings. The molecule has 132 valence electrons. The summed E-state index contributed by atoms with van der Waals surface area (Å²) in [6, 6.07) is 13.8. The number of aliphatic hydroxyl groups excluding tert-OH is 1. The van der Waals surface area contributed by atoms with E-state index in [1.807, 2.05) is 36.1 Å². The SMILES string of the molecule is Cc1ccccc1NC(=O)CN(CC(O)c1ccc(F)cc1)C1CC1. The molecule has 4 nitrogen and oxygen atoms in total. The van der Waals surface area contributed by atoms with Crippen LogP contribution in [0.4, 0.5) is 10.1 Å². The monoisotopic (exact) mass is 342 g/mol. The van der Waals surface area contributed by atoms with E-state index in [0.29, 0.717) is 18.2 Å². The minimum atomic E-state index is -0.743. The number of nitrogens with zero attached hydrogens (tertiary/aromatic N) is 1. The third-order valence-corrected chi connectivity index (χ3v) is 4.49. The number of carbonyl (C=O) groups is 1. The Morgan fingerprint density at radius 2 is 1.92 bits per heavy atom. The topological polar surface area (TPSA) is 52.6 Å². The third kappa shape index (κ3) is 4.87. The van der Waals surface area contributed by atoms with Crippen molar-refractivity contribution in [3.63, 3.8) is 0 Å². The van der Waals surface area contributed by atoms with Crippen molar-refractivity contribution in [2.75, 3.05) is 18.4 Å². The number of aryl methyl sites for hydroxylation is 1. The van der Waals surface area contributed by atoms with E-state index in [0.717, 1.165) is 24.1 Å². The summed E-state index contributed by atoms with van der Waals surface area (Å²) in [5.41, 5.74) is 2.48. The van der Waals surface area contributed by atoms with Crippen molar-refractivity contribution in [2.45, 2.75) is 31.9 Å². The number of amides is 1. The van der Waals surface area contributed by atoms with Gasteiger partial charge in [0.1, 0.15) is 5.82 Å². The molecular formula is C20H23FN2O2. The molecule has 0 radical (unpaired) electrons. The maximum absolute atomic E-state index is 13.0. The Morgan fingerprint density at radius 1 is 1.24 bits per heavy atom. The van der Waals surface area contributed by atoms with Crippen LogP contribution in [0, 0.1) is 12.7 Å². The number of hydrogen-bond donors (Lipinski definition) is 2. The van der Waals surface area contributed by atoms with Crippen molar-refractivity contribution in [1.29, 1.82) is 0 Å². The Balaban J connectivity index is 1.60. The second-order valence-electron chi connectivity index (χ2n) is 6.59. The van der Waals surface area contributed by atoms with Crippen LogP contribution in [-0.2, 0) is 4.79 Å². The first kappa shape index (κ1) is 17.6. The molecule has 1 saturated carbocycles. The lowest BCUT2D eigenvalue weighted by Gasteiger charge is -2.24. The first-order valence-corrected chi connectivity index (χ1v) is 8.56. The zero-order chi connectivity index (χ0) is 17.8. The highest BCUT2D eigenvalue weighted by Gasteiger charge is 2.31. The minimum Gasteiger partial charge on any atom is -0.387 e. The van der Waals surface area contributed by atoms with Gasteiger partial charge >= 0.3 is 0 Å².